The molecule has 1 aromatic carbocycles. The molecule has 0 fully saturated rings. The zero-order chi connectivity index (χ0) is 16.6. The van der Waals surface area contributed by atoms with E-state index in [1.54, 1.807) is 0 Å². The van der Waals surface area contributed by atoms with Crippen LogP contribution in [0.5, 0.6) is 0 Å². The molecule has 4 heteroatoms. The number of nitrogens with two attached hydrogens (primary N) is 1. The van der Waals surface area contributed by atoms with Gasteiger partial charge in [0.1, 0.15) is 11.5 Å². The van der Waals surface area contributed by atoms with E-state index in [4.69, 9.17) is 5.73 Å². The summed E-state index contributed by atoms with van der Waals surface area (Å²) in [7, 11) is 0. The topological polar surface area (TPSA) is 54.2 Å². The molecule has 0 saturated carbocycles. The molecule has 1 unspecified atom stereocenters. The van der Waals surface area contributed by atoms with Gasteiger partial charge >= 0.3 is 0 Å². The zero-order valence-corrected chi connectivity index (χ0v) is 14.7. The van der Waals surface area contributed by atoms with Crippen LogP contribution in [0.25, 0.3) is 10.9 Å². The second-order valence-electron chi connectivity index (χ2n) is 7.73. The second-order valence-corrected chi connectivity index (χ2v) is 7.73. The summed E-state index contributed by atoms with van der Waals surface area (Å²) in [5.41, 5.74) is 9.68. The van der Waals surface area contributed by atoms with Crippen LogP contribution in [0.3, 0.4) is 0 Å². The minimum Gasteiger partial charge on any atom is -0.382 e. The molecule has 1 aromatic heterocycles. The largest absolute Gasteiger partial charge is 0.382 e. The Balaban J connectivity index is 2.11. The maximum absolute atomic E-state index is 6.25. The van der Waals surface area contributed by atoms with Gasteiger partial charge in [-0.1, -0.05) is 52.3 Å². The number of aromatic nitrogens is 1. The monoisotopic (exact) mass is 312 g/mol. The number of nitrogens with one attached hydrogen (secondary N) is 1. The van der Waals surface area contributed by atoms with Crippen molar-refractivity contribution in [2.75, 3.05) is 22.5 Å². The molecule has 124 valence electrons. The van der Waals surface area contributed by atoms with E-state index in [1.165, 1.54) is 23.9 Å². The number of rotatable bonds is 4. The molecule has 23 heavy (non-hydrogen) atoms. The average molecular weight is 312 g/mol. The smallest absolute Gasteiger partial charge is 0.149 e. The molecule has 0 saturated heterocycles. The van der Waals surface area contributed by atoms with E-state index in [0.717, 1.165) is 24.2 Å². The summed E-state index contributed by atoms with van der Waals surface area (Å²) in [6.07, 6.45) is 3.83. The molecule has 4 nitrogen and oxygen atoms in total. The summed E-state index contributed by atoms with van der Waals surface area (Å²) in [6.45, 7) is 10.1. The quantitative estimate of drug-likeness (QED) is 0.865. The molecule has 0 radical (unpaired) electrons. The van der Waals surface area contributed by atoms with Crippen LogP contribution in [0.4, 0.5) is 17.2 Å². The van der Waals surface area contributed by atoms with Crippen LogP contribution >= 0.6 is 0 Å². The number of anilines is 3. The molecule has 0 bridgehead atoms. The number of pyridine rings is 1. The van der Waals surface area contributed by atoms with Crippen molar-refractivity contribution >= 4 is 28.1 Å². The molecular formula is C19H28N4. The molecule has 2 aromatic rings. The van der Waals surface area contributed by atoms with Crippen LogP contribution in [0.1, 0.15) is 47.0 Å². The Labute approximate surface area is 139 Å². The molecule has 2 heterocycles. The number of fused-ring (bicyclic) bond motifs is 3. The molecule has 0 aliphatic carbocycles. The Morgan fingerprint density at radius 3 is 2.70 bits per heavy atom. The van der Waals surface area contributed by atoms with Crippen LogP contribution in [0.15, 0.2) is 24.3 Å². The number of nitrogens with zero attached hydrogens (tertiary/aromatic N) is 2. The van der Waals surface area contributed by atoms with Gasteiger partial charge in [0.2, 0.25) is 0 Å². The minimum absolute atomic E-state index is 0.215. The van der Waals surface area contributed by atoms with Gasteiger partial charge in [0.25, 0.3) is 0 Å². The van der Waals surface area contributed by atoms with E-state index in [9.17, 15) is 0 Å². The first kappa shape index (κ1) is 15.9. The fraction of sp³-hybridized carbons (Fsp3) is 0.526. The second kappa shape index (κ2) is 5.91. The predicted octanol–water partition coefficient (Wildman–Crippen LogP) is 4.61. The van der Waals surface area contributed by atoms with Crippen LogP contribution in [0, 0.1) is 5.41 Å². The minimum atomic E-state index is 0.215. The first-order chi connectivity index (χ1) is 10.9. The maximum Gasteiger partial charge on any atom is 0.149 e. The van der Waals surface area contributed by atoms with E-state index in [0.29, 0.717) is 12.0 Å². The highest BCUT2D eigenvalue weighted by Crippen LogP contribution is 2.45. The van der Waals surface area contributed by atoms with Crippen LogP contribution in [-0.4, -0.2) is 17.7 Å². The average Bonchev–Trinajstić information content (AvgIpc) is 2.83. The molecular weight excluding hydrogens is 284 g/mol. The van der Waals surface area contributed by atoms with Crippen molar-refractivity contribution < 1.29 is 0 Å². The van der Waals surface area contributed by atoms with E-state index in [2.05, 4.69) is 55.0 Å². The van der Waals surface area contributed by atoms with E-state index < -0.39 is 0 Å². The fourth-order valence-corrected chi connectivity index (χ4v) is 3.38. The van der Waals surface area contributed by atoms with Gasteiger partial charge in [-0.15, -0.1) is 0 Å². The Morgan fingerprint density at radius 2 is 2.00 bits per heavy atom. The van der Waals surface area contributed by atoms with Gasteiger partial charge in [-0.25, -0.2) is 4.98 Å². The lowest BCUT2D eigenvalue weighted by Gasteiger charge is -2.33. The van der Waals surface area contributed by atoms with Crippen molar-refractivity contribution in [3.63, 3.8) is 0 Å². The summed E-state index contributed by atoms with van der Waals surface area (Å²) in [5.74, 6) is 0.608. The highest BCUT2D eigenvalue weighted by atomic mass is 15.3. The van der Waals surface area contributed by atoms with Gasteiger partial charge in [0.15, 0.2) is 0 Å². The van der Waals surface area contributed by atoms with Gasteiger partial charge in [0, 0.05) is 11.9 Å². The summed E-state index contributed by atoms with van der Waals surface area (Å²) < 4.78 is 0. The van der Waals surface area contributed by atoms with Crippen molar-refractivity contribution in [2.45, 2.75) is 53.1 Å². The summed E-state index contributed by atoms with van der Waals surface area (Å²) >= 11 is 0. The van der Waals surface area contributed by atoms with Crippen molar-refractivity contribution in [1.82, 2.24) is 4.98 Å². The lowest BCUT2D eigenvalue weighted by molar-refractivity contribution is 0.394. The number of benzene rings is 1. The van der Waals surface area contributed by atoms with E-state index in [1.807, 2.05) is 12.1 Å². The number of hydrogen-bond donors (Lipinski definition) is 2. The molecule has 3 rings (SSSR count). The Bertz CT molecular complexity index is 702. The van der Waals surface area contributed by atoms with Crippen LogP contribution < -0.4 is 16.0 Å². The van der Waals surface area contributed by atoms with Crippen LogP contribution in [0.2, 0.25) is 0 Å². The first-order valence-electron chi connectivity index (χ1n) is 8.62. The number of para-hydroxylation sites is 1. The molecule has 0 spiro atoms. The predicted molar refractivity (Wildman–Crippen MR) is 99.9 cm³/mol. The summed E-state index contributed by atoms with van der Waals surface area (Å²) in [4.78, 5) is 7.09. The van der Waals surface area contributed by atoms with Crippen LogP contribution in [-0.2, 0) is 0 Å². The van der Waals surface area contributed by atoms with Crippen molar-refractivity contribution in [3.8, 4) is 0 Å². The molecule has 1 atom stereocenters. The lowest BCUT2D eigenvalue weighted by atomic mass is 9.95. The van der Waals surface area contributed by atoms with Gasteiger partial charge in [-0.05, 0) is 24.3 Å². The highest BCUT2D eigenvalue weighted by Gasteiger charge is 2.34. The van der Waals surface area contributed by atoms with Crippen molar-refractivity contribution in [3.05, 3.63) is 24.3 Å². The van der Waals surface area contributed by atoms with Gasteiger partial charge in [0.05, 0.1) is 17.4 Å². The highest BCUT2D eigenvalue weighted by molar-refractivity contribution is 6.04. The maximum atomic E-state index is 6.25. The molecule has 0 amide bonds. The van der Waals surface area contributed by atoms with Crippen molar-refractivity contribution in [1.29, 1.82) is 0 Å². The Hall–Kier alpha value is -1.97. The molecule has 3 N–H and O–H groups in total. The number of unbranched alkanes of at least 4 members (excludes halogenated alkanes) is 1. The zero-order valence-electron chi connectivity index (χ0n) is 14.7. The Morgan fingerprint density at radius 1 is 1.26 bits per heavy atom. The van der Waals surface area contributed by atoms with Gasteiger partial charge in [-0.3, -0.25) is 0 Å². The summed E-state index contributed by atoms with van der Waals surface area (Å²) in [6, 6.07) is 8.29. The third kappa shape index (κ3) is 3.07. The normalized spacial score (nSPS) is 17.4. The standard InChI is InChI=1S/C19H28N4/c1-5-6-11-15-22-16-17(23(15)12-19(2,3)4)13-9-7-8-10-14(13)21-18(16)20/h7-10,15,22H,5-6,11-12H2,1-4H3,(H2,20,21). The molecule has 1 aliphatic heterocycles. The van der Waals surface area contributed by atoms with E-state index in [-0.39, 0.29) is 5.41 Å². The first-order valence-corrected chi connectivity index (χ1v) is 8.62. The SMILES string of the molecule is CCCCC1Nc2c(N)nc3ccccc3c2N1CC(C)(C)C. The third-order valence-electron chi connectivity index (χ3n) is 4.34. The number of nitrogen functional groups attached to an aromatic ring is 1. The Kier molecular flexibility index (Phi) is 4.09. The number of hydrogen-bond acceptors (Lipinski definition) is 4. The third-order valence-corrected chi connectivity index (χ3v) is 4.34. The molecule has 1 aliphatic rings. The van der Waals surface area contributed by atoms with Gasteiger partial charge in [-0.2, -0.15) is 0 Å². The van der Waals surface area contributed by atoms with Crippen molar-refractivity contribution in [2.24, 2.45) is 5.41 Å². The van der Waals surface area contributed by atoms with E-state index >= 15 is 0 Å². The van der Waals surface area contributed by atoms with Gasteiger partial charge < -0.3 is 16.0 Å². The lowest BCUT2D eigenvalue weighted by Crippen LogP contribution is -2.41. The summed E-state index contributed by atoms with van der Waals surface area (Å²) in [5, 5.41) is 4.83. The fourth-order valence-electron chi connectivity index (χ4n) is 3.38.